The van der Waals surface area contributed by atoms with Crippen molar-refractivity contribution in [2.45, 2.75) is 0 Å². The van der Waals surface area contributed by atoms with E-state index in [1.807, 2.05) is 0 Å². The lowest BCUT2D eigenvalue weighted by Gasteiger charge is -2.20. The van der Waals surface area contributed by atoms with E-state index in [9.17, 15) is 35.1 Å². The highest BCUT2D eigenvalue weighted by molar-refractivity contribution is 7.79. The zero-order chi connectivity index (χ0) is 19.9. The summed E-state index contributed by atoms with van der Waals surface area (Å²) < 4.78 is 110. The molecule has 0 spiro atoms. The van der Waals surface area contributed by atoms with Gasteiger partial charge in [-0.25, -0.2) is 35.1 Å². The molecule has 27 heavy (non-hydrogen) atoms. The van der Waals surface area contributed by atoms with Gasteiger partial charge >= 0.3 is 0 Å². The molecule has 0 bridgehead atoms. The Kier molecular flexibility index (Phi) is 5.15. The van der Waals surface area contributed by atoms with Gasteiger partial charge in [-0.05, 0) is 24.3 Å². The van der Waals surface area contributed by atoms with E-state index in [4.69, 9.17) is 0 Å². The fourth-order valence-electron chi connectivity index (χ4n) is 2.31. The van der Waals surface area contributed by atoms with Crippen molar-refractivity contribution in [2.24, 2.45) is 0 Å². The van der Waals surface area contributed by atoms with E-state index >= 15 is 0 Å². The predicted octanol–water partition coefficient (Wildman–Crippen LogP) is 3.95. The second kappa shape index (κ2) is 7.23. The number of hydrogen-bond acceptors (Lipinski definition) is 1. The first kappa shape index (κ1) is 19.2. The number of halogens is 8. The van der Waals surface area contributed by atoms with Gasteiger partial charge in [-0.1, -0.05) is 6.07 Å². The lowest BCUT2D eigenvalue weighted by Crippen LogP contribution is -2.29. The van der Waals surface area contributed by atoms with Gasteiger partial charge in [0.05, 0.1) is 5.44 Å². The number of pyridine rings is 1. The van der Waals surface area contributed by atoms with Crippen LogP contribution in [0, 0.1) is 46.5 Å². The van der Waals surface area contributed by atoms with Gasteiger partial charge in [-0.15, -0.1) is 0 Å². The van der Waals surface area contributed by atoms with Gasteiger partial charge in [0, 0.05) is 24.7 Å². The van der Waals surface area contributed by atoms with Gasteiger partial charge in [-0.2, -0.15) is 0 Å². The molecular weight excluding hydrogens is 401 g/mol. The summed E-state index contributed by atoms with van der Waals surface area (Å²) in [5.74, 6) is -15.9. The Morgan fingerprint density at radius 1 is 0.593 bits per heavy atom. The van der Waals surface area contributed by atoms with E-state index in [2.05, 4.69) is 4.98 Å². The molecule has 1 heterocycles. The molecule has 0 N–H and O–H groups in total. The van der Waals surface area contributed by atoms with Gasteiger partial charge in [0.25, 0.3) is 0 Å². The molecule has 1 nitrogen and oxygen atoms in total. The Hall–Kier alpha value is -2.54. The first-order valence-corrected chi connectivity index (χ1v) is 8.45. The first-order chi connectivity index (χ1) is 12.7. The van der Waals surface area contributed by atoms with Crippen molar-refractivity contribution in [3.05, 3.63) is 83.1 Å². The van der Waals surface area contributed by atoms with E-state index in [1.54, 1.807) is 0 Å². The second-order valence-corrected chi connectivity index (χ2v) is 7.25. The van der Waals surface area contributed by atoms with Gasteiger partial charge in [-0.3, -0.25) is 4.98 Å². The Morgan fingerprint density at radius 3 is 1.48 bits per heavy atom. The van der Waals surface area contributed by atoms with E-state index < -0.39 is 65.1 Å². The third kappa shape index (κ3) is 3.27. The molecular formula is C17H6F8NP. The molecule has 140 valence electrons. The van der Waals surface area contributed by atoms with Gasteiger partial charge in [0.15, 0.2) is 46.5 Å². The molecule has 3 aromatic rings. The first-order valence-electron chi connectivity index (χ1n) is 7.11. The van der Waals surface area contributed by atoms with Crippen molar-refractivity contribution < 1.29 is 35.1 Å². The van der Waals surface area contributed by atoms with Gasteiger partial charge < -0.3 is 0 Å². The molecule has 3 rings (SSSR count). The van der Waals surface area contributed by atoms with Crippen LogP contribution in [-0.2, 0) is 0 Å². The molecule has 0 saturated carbocycles. The van der Waals surface area contributed by atoms with Crippen LogP contribution >= 0.6 is 7.92 Å². The molecule has 1 aromatic heterocycles. The minimum atomic E-state index is -2.73. The van der Waals surface area contributed by atoms with Crippen molar-refractivity contribution in [3.8, 4) is 0 Å². The molecule has 0 unspecified atom stereocenters. The quantitative estimate of drug-likeness (QED) is 0.277. The molecule has 0 atom stereocenters. The number of nitrogens with zero attached hydrogens (tertiary/aromatic N) is 1. The molecule has 0 fully saturated rings. The van der Waals surface area contributed by atoms with E-state index in [0.29, 0.717) is 0 Å². The minimum Gasteiger partial charge on any atom is -0.256 e. The smallest absolute Gasteiger partial charge is 0.198 e. The Labute approximate surface area is 148 Å². The van der Waals surface area contributed by atoms with Gasteiger partial charge in [0.1, 0.15) is 0 Å². The van der Waals surface area contributed by atoms with Crippen LogP contribution in [0.2, 0.25) is 0 Å². The fourth-order valence-corrected chi connectivity index (χ4v) is 4.55. The Morgan fingerprint density at radius 2 is 1.07 bits per heavy atom. The van der Waals surface area contributed by atoms with Crippen molar-refractivity contribution in [1.29, 1.82) is 0 Å². The van der Waals surface area contributed by atoms with Crippen LogP contribution in [0.5, 0.6) is 0 Å². The van der Waals surface area contributed by atoms with Crippen LogP contribution in [0.25, 0.3) is 0 Å². The van der Waals surface area contributed by atoms with Crippen LogP contribution in [0.15, 0.2) is 36.5 Å². The number of benzene rings is 2. The Bertz CT molecular complexity index is 962. The monoisotopic (exact) mass is 407 g/mol. The Balaban J connectivity index is 2.37. The highest BCUT2D eigenvalue weighted by atomic mass is 31.1. The maximum Gasteiger partial charge on any atom is 0.198 e. The fraction of sp³-hybridized carbons (Fsp3) is 0. The number of hydrogen-bond donors (Lipinski definition) is 0. The van der Waals surface area contributed by atoms with Crippen LogP contribution in [0.4, 0.5) is 35.1 Å². The zero-order valence-electron chi connectivity index (χ0n) is 12.9. The molecule has 0 amide bonds. The summed E-state index contributed by atoms with van der Waals surface area (Å²) in [5, 5.41) is -1.83. The average molecular weight is 407 g/mol. The van der Waals surface area contributed by atoms with E-state index in [0.717, 1.165) is 6.20 Å². The van der Waals surface area contributed by atoms with Crippen molar-refractivity contribution in [1.82, 2.24) is 4.98 Å². The highest BCUT2D eigenvalue weighted by Gasteiger charge is 2.32. The second-order valence-electron chi connectivity index (χ2n) is 5.16. The summed E-state index contributed by atoms with van der Waals surface area (Å²) in [7, 11) is -2.73. The van der Waals surface area contributed by atoms with Gasteiger partial charge in [0.2, 0.25) is 0 Å². The largest absolute Gasteiger partial charge is 0.256 e. The van der Waals surface area contributed by atoms with E-state index in [1.165, 1.54) is 18.2 Å². The maximum atomic E-state index is 14.3. The minimum absolute atomic E-state index is 0.207. The SMILES string of the molecule is Fc1cc(P(c2ccccn2)c2cc(F)c(F)c(F)c2F)c(F)c(F)c1F. The highest BCUT2D eigenvalue weighted by Crippen LogP contribution is 2.36. The molecule has 10 heteroatoms. The van der Waals surface area contributed by atoms with Crippen molar-refractivity contribution in [3.63, 3.8) is 0 Å². The summed E-state index contributed by atoms with van der Waals surface area (Å²) in [5.41, 5.74) is -0.207. The lowest BCUT2D eigenvalue weighted by atomic mass is 10.3. The number of aromatic nitrogens is 1. The zero-order valence-corrected chi connectivity index (χ0v) is 13.8. The van der Waals surface area contributed by atoms with Crippen LogP contribution in [0.1, 0.15) is 0 Å². The molecule has 2 aromatic carbocycles. The van der Waals surface area contributed by atoms with Crippen LogP contribution in [-0.4, -0.2) is 4.98 Å². The molecule has 0 aliphatic heterocycles. The molecule has 0 radical (unpaired) electrons. The summed E-state index contributed by atoms with van der Waals surface area (Å²) in [6.45, 7) is 0. The lowest BCUT2D eigenvalue weighted by molar-refractivity contribution is 0.412. The predicted molar refractivity (Wildman–Crippen MR) is 82.6 cm³/mol. The summed E-state index contributed by atoms with van der Waals surface area (Å²) in [6, 6.07) is 4.42. The summed E-state index contributed by atoms with van der Waals surface area (Å²) in [6.07, 6.45) is 1.16. The summed E-state index contributed by atoms with van der Waals surface area (Å²) >= 11 is 0. The topological polar surface area (TPSA) is 12.9 Å². The normalized spacial score (nSPS) is 11.3. The van der Waals surface area contributed by atoms with E-state index in [-0.39, 0.29) is 17.6 Å². The van der Waals surface area contributed by atoms with Crippen molar-refractivity contribution >= 4 is 24.0 Å². The van der Waals surface area contributed by atoms with Crippen LogP contribution < -0.4 is 16.0 Å². The molecule has 0 saturated heterocycles. The summed E-state index contributed by atoms with van der Waals surface area (Å²) in [4.78, 5) is 3.80. The van der Waals surface area contributed by atoms with Crippen molar-refractivity contribution in [2.75, 3.05) is 0 Å². The molecule has 0 aliphatic carbocycles. The standard InChI is InChI=1S/C17H6F8NP/c18-7-5-9(14(22)16(24)12(7)20)27(11-3-1-2-4-26-11)10-6-8(19)13(21)17(25)15(10)23/h1-6H. The molecule has 0 aliphatic rings. The third-order valence-electron chi connectivity index (χ3n) is 3.53. The third-order valence-corrected chi connectivity index (χ3v) is 5.86. The number of rotatable bonds is 3. The van der Waals surface area contributed by atoms with Crippen LogP contribution in [0.3, 0.4) is 0 Å². The maximum absolute atomic E-state index is 14.3. The average Bonchev–Trinajstić information content (AvgIpc) is 2.67.